The van der Waals surface area contributed by atoms with E-state index in [-0.39, 0.29) is 0 Å². The first-order valence-electron chi connectivity index (χ1n) is 5.55. The summed E-state index contributed by atoms with van der Waals surface area (Å²) >= 11 is 0. The number of ether oxygens (including phenoxy) is 1. The van der Waals surface area contributed by atoms with Gasteiger partial charge in [-0.25, -0.2) is 0 Å². The van der Waals surface area contributed by atoms with E-state index < -0.39 is 0 Å². The second kappa shape index (κ2) is 8.52. The van der Waals surface area contributed by atoms with Gasteiger partial charge in [-0.1, -0.05) is 20.8 Å². The van der Waals surface area contributed by atoms with E-state index in [1.165, 1.54) is 25.8 Å². The molecule has 1 saturated heterocycles. The molecular formula is C11H25NO. The number of hydrogen-bond acceptors (Lipinski definition) is 2. The first kappa shape index (κ1) is 12.9. The van der Waals surface area contributed by atoms with Gasteiger partial charge in [-0.3, -0.25) is 0 Å². The summed E-state index contributed by atoms with van der Waals surface area (Å²) in [6.07, 6.45) is 3.87. The predicted octanol–water partition coefficient (Wildman–Crippen LogP) is 2.44. The van der Waals surface area contributed by atoms with Crippen LogP contribution in [-0.2, 0) is 4.74 Å². The Morgan fingerprint density at radius 2 is 2.00 bits per heavy atom. The molecule has 1 fully saturated rings. The van der Waals surface area contributed by atoms with Crippen LogP contribution in [0.4, 0.5) is 0 Å². The van der Waals surface area contributed by atoms with Crippen molar-refractivity contribution in [3.05, 3.63) is 0 Å². The lowest BCUT2D eigenvalue weighted by Gasteiger charge is -2.27. The lowest BCUT2D eigenvalue weighted by Crippen LogP contribution is -2.38. The summed E-state index contributed by atoms with van der Waals surface area (Å²) in [4.78, 5) is 0. The molecule has 0 saturated carbocycles. The summed E-state index contributed by atoms with van der Waals surface area (Å²) in [5, 5.41) is 3.52. The van der Waals surface area contributed by atoms with Crippen molar-refractivity contribution >= 4 is 0 Å². The van der Waals surface area contributed by atoms with E-state index in [4.69, 9.17) is 4.74 Å². The SMILES string of the molecule is CC.COCC[C@H]1CC[C@@H](C)CN1. The fraction of sp³-hybridized carbons (Fsp3) is 1.00. The maximum atomic E-state index is 5.03. The van der Waals surface area contributed by atoms with E-state index in [2.05, 4.69) is 12.2 Å². The van der Waals surface area contributed by atoms with Gasteiger partial charge in [-0.2, -0.15) is 0 Å². The standard InChI is InChI=1S/C9H19NO.C2H6/c1-8-3-4-9(10-7-8)5-6-11-2;1-2/h8-10H,3-7H2,1-2H3;1-2H3/t8-,9-;/m1./s1. The molecule has 2 heteroatoms. The van der Waals surface area contributed by atoms with Gasteiger partial charge in [0, 0.05) is 19.8 Å². The van der Waals surface area contributed by atoms with Crippen molar-refractivity contribution in [3.63, 3.8) is 0 Å². The lowest BCUT2D eigenvalue weighted by molar-refractivity contribution is 0.172. The minimum Gasteiger partial charge on any atom is -0.385 e. The number of rotatable bonds is 3. The van der Waals surface area contributed by atoms with Gasteiger partial charge in [-0.05, 0) is 31.7 Å². The molecule has 0 spiro atoms. The number of hydrogen-bond donors (Lipinski definition) is 1. The Kier molecular flexibility index (Phi) is 8.46. The van der Waals surface area contributed by atoms with Gasteiger partial charge in [0.05, 0.1) is 0 Å². The highest BCUT2D eigenvalue weighted by atomic mass is 16.5. The normalized spacial score (nSPS) is 27.7. The topological polar surface area (TPSA) is 21.3 Å². The molecule has 1 aliphatic heterocycles. The van der Waals surface area contributed by atoms with E-state index in [9.17, 15) is 0 Å². The Morgan fingerprint density at radius 3 is 2.46 bits per heavy atom. The molecule has 0 unspecified atom stereocenters. The molecule has 0 aromatic rings. The van der Waals surface area contributed by atoms with Crippen molar-refractivity contribution in [2.75, 3.05) is 20.3 Å². The summed E-state index contributed by atoms with van der Waals surface area (Å²) in [7, 11) is 1.77. The third-order valence-corrected chi connectivity index (χ3v) is 2.43. The van der Waals surface area contributed by atoms with E-state index in [1.807, 2.05) is 13.8 Å². The summed E-state index contributed by atoms with van der Waals surface area (Å²) in [5.74, 6) is 0.869. The molecule has 0 aromatic carbocycles. The summed E-state index contributed by atoms with van der Waals surface area (Å²) in [5.41, 5.74) is 0. The van der Waals surface area contributed by atoms with Crippen molar-refractivity contribution in [3.8, 4) is 0 Å². The van der Waals surface area contributed by atoms with Crippen LogP contribution in [0.25, 0.3) is 0 Å². The molecule has 2 atom stereocenters. The Hall–Kier alpha value is -0.0800. The first-order valence-corrected chi connectivity index (χ1v) is 5.55. The average Bonchev–Trinajstić information content (AvgIpc) is 2.20. The maximum Gasteiger partial charge on any atom is 0.0477 e. The van der Waals surface area contributed by atoms with Crippen LogP contribution in [-0.4, -0.2) is 26.3 Å². The van der Waals surface area contributed by atoms with Gasteiger partial charge in [-0.15, -0.1) is 0 Å². The molecule has 80 valence electrons. The quantitative estimate of drug-likeness (QED) is 0.732. The molecule has 0 aliphatic carbocycles. The zero-order valence-corrected chi connectivity index (χ0v) is 9.60. The second-order valence-electron chi connectivity index (χ2n) is 3.57. The predicted molar refractivity (Wildman–Crippen MR) is 58.0 cm³/mol. The van der Waals surface area contributed by atoms with E-state index >= 15 is 0 Å². The minimum absolute atomic E-state index is 0.714. The van der Waals surface area contributed by atoms with Crippen LogP contribution >= 0.6 is 0 Å². The zero-order chi connectivity index (χ0) is 10.1. The Labute approximate surface area is 83.1 Å². The highest BCUT2D eigenvalue weighted by Crippen LogP contribution is 2.14. The van der Waals surface area contributed by atoms with Gasteiger partial charge >= 0.3 is 0 Å². The average molecular weight is 187 g/mol. The highest BCUT2D eigenvalue weighted by molar-refractivity contribution is 4.75. The van der Waals surface area contributed by atoms with Gasteiger partial charge < -0.3 is 10.1 Å². The van der Waals surface area contributed by atoms with E-state index in [1.54, 1.807) is 7.11 Å². The van der Waals surface area contributed by atoms with E-state index in [0.29, 0.717) is 6.04 Å². The smallest absolute Gasteiger partial charge is 0.0477 e. The van der Waals surface area contributed by atoms with Crippen molar-refractivity contribution in [1.29, 1.82) is 0 Å². The molecule has 0 radical (unpaired) electrons. The molecule has 0 amide bonds. The Bertz CT molecular complexity index is 95.5. The maximum absolute atomic E-state index is 5.03. The molecule has 1 heterocycles. The fourth-order valence-electron chi connectivity index (χ4n) is 1.56. The second-order valence-corrected chi connectivity index (χ2v) is 3.57. The molecule has 13 heavy (non-hydrogen) atoms. The van der Waals surface area contributed by atoms with Gasteiger partial charge in [0.25, 0.3) is 0 Å². The molecule has 1 aliphatic rings. The van der Waals surface area contributed by atoms with Gasteiger partial charge in [0.15, 0.2) is 0 Å². The largest absolute Gasteiger partial charge is 0.385 e. The van der Waals surface area contributed by atoms with Crippen LogP contribution in [0.5, 0.6) is 0 Å². The highest BCUT2D eigenvalue weighted by Gasteiger charge is 2.16. The fourth-order valence-corrected chi connectivity index (χ4v) is 1.56. The van der Waals surface area contributed by atoms with Crippen molar-refractivity contribution < 1.29 is 4.74 Å². The van der Waals surface area contributed by atoms with Crippen LogP contribution in [0, 0.1) is 5.92 Å². The van der Waals surface area contributed by atoms with Crippen molar-refractivity contribution in [1.82, 2.24) is 5.32 Å². The molecule has 0 bridgehead atoms. The molecular weight excluding hydrogens is 162 g/mol. The summed E-state index contributed by atoms with van der Waals surface area (Å²) < 4.78 is 5.03. The van der Waals surface area contributed by atoms with Crippen LogP contribution in [0.3, 0.4) is 0 Å². The lowest BCUT2D eigenvalue weighted by atomic mass is 9.95. The van der Waals surface area contributed by atoms with Crippen LogP contribution < -0.4 is 5.32 Å². The summed E-state index contributed by atoms with van der Waals surface area (Å²) in [6, 6.07) is 0.714. The van der Waals surface area contributed by atoms with Crippen LogP contribution in [0.15, 0.2) is 0 Å². The third kappa shape index (κ3) is 6.05. The number of piperidine rings is 1. The molecule has 1 rings (SSSR count). The Balaban J connectivity index is 0.000000671. The molecule has 2 nitrogen and oxygen atoms in total. The summed E-state index contributed by atoms with van der Waals surface area (Å²) in [6.45, 7) is 8.39. The Morgan fingerprint density at radius 1 is 1.31 bits per heavy atom. The first-order chi connectivity index (χ1) is 6.33. The molecule has 1 N–H and O–H groups in total. The van der Waals surface area contributed by atoms with E-state index in [0.717, 1.165) is 12.5 Å². The van der Waals surface area contributed by atoms with Crippen molar-refractivity contribution in [2.45, 2.75) is 46.1 Å². The van der Waals surface area contributed by atoms with Crippen LogP contribution in [0.2, 0.25) is 0 Å². The van der Waals surface area contributed by atoms with Crippen LogP contribution in [0.1, 0.15) is 40.0 Å². The van der Waals surface area contributed by atoms with Gasteiger partial charge in [0.2, 0.25) is 0 Å². The third-order valence-electron chi connectivity index (χ3n) is 2.43. The van der Waals surface area contributed by atoms with Gasteiger partial charge in [0.1, 0.15) is 0 Å². The monoisotopic (exact) mass is 187 g/mol. The number of methoxy groups -OCH3 is 1. The number of nitrogens with one attached hydrogen (secondary N) is 1. The van der Waals surface area contributed by atoms with Crippen molar-refractivity contribution in [2.24, 2.45) is 5.92 Å². The zero-order valence-electron chi connectivity index (χ0n) is 9.60. The molecule has 0 aromatic heterocycles. The minimum atomic E-state index is 0.714.